The van der Waals surface area contributed by atoms with E-state index >= 15 is 0 Å². The van der Waals surface area contributed by atoms with Gasteiger partial charge in [0.1, 0.15) is 0 Å². The summed E-state index contributed by atoms with van der Waals surface area (Å²) in [5, 5.41) is 4.38. The number of aryl methyl sites for hydroxylation is 1. The van der Waals surface area contributed by atoms with Crippen LogP contribution in [0.15, 0.2) is 29.5 Å². The van der Waals surface area contributed by atoms with E-state index in [4.69, 9.17) is 17.3 Å². The van der Waals surface area contributed by atoms with Crippen molar-refractivity contribution in [3.8, 4) is 5.69 Å². The number of halogens is 1. The van der Waals surface area contributed by atoms with Crippen molar-refractivity contribution in [2.75, 3.05) is 5.73 Å². The van der Waals surface area contributed by atoms with Crippen LogP contribution in [0.25, 0.3) is 5.69 Å². The van der Waals surface area contributed by atoms with E-state index in [2.05, 4.69) is 5.10 Å². The Bertz CT molecular complexity index is 557. The molecule has 0 spiro atoms. The minimum Gasteiger partial charge on any atom is -0.394 e. The summed E-state index contributed by atoms with van der Waals surface area (Å²) in [4.78, 5) is 11.7. The Morgan fingerprint density at radius 2 is 2.20 bits per heavy atom. The number of rotatable bonds is 1. The molecule has 0 saturated heterocycles. The van der Waals surface area contributed by atoms with Gasteiger partial charge in [-0.25, -0.2) is 0 Å². The largest absolute Gasteiger partial charge is 0.394 e. The lowest BCUT2D eigenvalue weighted by Crippen LogP contribution is -2.20. The van der Waals surface area contributed by atoms with Crippen molar-refractivity contribution in [3.05, 3.63) is 40.0 Å². The Kier molecular flexibility index (Phi) is 2.24. The molecule has 0 bridgehead atoms. The zero-order valence-electron chi connectivity index (χ0n) is 8.01. The SMILES string of the molecule is Cn1cc(-n2cc(Cl)cc(N)c2=O)cn1. The zero-order valence-corrected chi connectivity index (χ0v) is 8.77. The Morgan fingerprint density at radius 3 is 2.80 bits per heavy atom. The van der Waals surface area contributed by atoms with Crippen molar-refractivity contribution in [2.45, 2.75) is 0 Å². The summed E-state index contributed by atoms with van der Waals surface area (Å²) in [6, 6.07) is 1.43. The molecule has 0 fully saturated rings. The predicted molar refractivity (Wildman–Crippen MR) is 58.2 cm³/mol. The van der Waals surface area contributed by atoms with E-state index in [1.54, 1.807) is 24.1 Å². The third-order valence-electron chi connectivity index (χ3n) is 1.98. The fourth-order valence-corrected chi connectivity index (χ4v) is 1.51. The molecule has 0 atom stereocenters. The highest BCUT2D eigenvalue weighted by atomic mass is 35.5. The van der Waals surface area contributed by atoms with Gasteiger partial charge in [0.2, 0.25) is 0 Å². The van der Waals surface area contributed by atoms with E-state index in [-0.39, 0.29) is 11.2 Å². The number of nitrogen functional groups attached to an aromatic ring is 1. The van der Waals surface area contributed by atoms with E-state index in [0.29, 0.717) is 10.7 Å². The van der Waals surface area contributed by atoms with Gasteiger partial charge in [0.05, 0.1) is 22.6 Å². The third kappa shape index (κ3) is 1.73. The fraction of sp³-hybridized carbons (Fsp3) is 0.111. The molecule has 78 valence electrons. The van der Waals surface area contributed by atoms with Crippen molar-refractivity contribution < 1.29 is 0 Å². The highest BCUT2D eigenvalue weighted by Crippen LogP contribution is 2.12. The molecule has 0 saturated carbocycles. The van der Waals surface area contributed by atoms with Gasteiger partial charge in [0.15, 0.2) is 0 Å². The molecule has 0 unspecified atom stereocenters. The number of nitrogens with zero attached hydrogens (tertiary/aromatic N) is 3. The highest BCUT2D eigenvalue weighted by molar-refractivity contribution is 6.30. The number of hydrogen-bond acceptors (Lipinski definition) is 3. The molecule has 0 aromatic carbocycles. The molecule has 2 heterocycles. The van der Waals surface area contributed by atoms with E-state index in [0.717, 1.165) is 0 Å². The summed E-state index contributed by atoms with van der Waals surface area (Å²) >= 11 is 5.81. The van der Waals surface area contributed by atoms with E-state index in [9.17, 15) is 4.79 Å². The van der Waals surface area contributed by atoms with Crippen LogP contribution in [0.3, 0.4) is 0 Å². The lowest BCUT2D eigenvalue weighted by atomic mass is 10.4. The van der Waals surface area contributed by atoms with Crippen LogP contribution in [0.1, 0.15) is 0 Å². The van der Waals surface area contributed by atoms with Crippen molar-refractivity contribution >= 4 is 17.3 Å². The molecule has 2 rings (SSSR count). The molecule has 0 amide bonds. The summed E-state index contributed by atoms with van der Waals surface area (Å²) < 4.78 is 2.96. The van der Waals surface area contributed by atoms with Gasteiger partial charge < -0.3 is 5.73 Å². The summed E-state index contributed by atoms with van der Waals surface area (Å²) in [6.45, 7) is 0. The van der Waals surface area contributed by atoms with Gasteiger partial charge in [-0.2, -0.15) is 5.10 Å². The molecule has 0 aliphatic carbocycles. The first-order valence-electron chi connectivity index (χ1n) is 4.24. The van der Waals surface area contributed by atoms with Gasteiger partial charge in [0.25, 0.3) is 5.56 Å². The average molecular weight is 225 g/mol. The lowest BCUT2D eigenvalue weighted by molar-refractivity contribution is 0.767. The van der Waals surface area contributed by atoms with Crippen LogP contribution in [0, 0.1) is 0 Å². The first kappa shape index (κ1) is 9.79. The second-order valence-electron chi connectivity index (χ2n) is 3.16. The predicted octanol–water partition coefficient (Wildman–Crippen LogP) is 0.807. The number of hydrogen-bond donors (Lipinski definition) is 1. The standard InChI is InChI=1S/C9H9ClN4O/c1-13-5-7(3-12-13)14-4-6(10)2-8(11)9(14)15/h2-5H,11H2,1H3. The van der Waals surface area contributed by atoms with Gasteiger partial charge in [-0.15, -0.1) is 0 Å². The monoisotopic (exact) mass is 224 g/mol. The van der Waals surface area contributed by atoms with Crippen molar-refractivity contribution in [3.63, 3.8) is 0 Å². The summed E-state index contributed by atoms with van der Waals surface area (Å²) in [5.41, 5.74) is 5.97. The summed E-state index contributed by atoms with van der Waals surface area (Å²) in [6.07, 6.45) is 4.78. The maximum atomic E-state index is 11.7. The van der Waals surface area contributed by atoms with E-state index in [1.165, 1.54) is 16.8 Å². The van der Waals surface area contributed by atoms with Crippen LogP contribution in [0.2, 0.25) is 5.02 Å². The molecule has 2 aromatic heterocycles. The first-order valence-corrected chi connectivity index (χ1v) is 4.62. The fourth-order valence-electron chi connectivity index (χ4n) is 1.29. The Labute approximate surface area is 90.7 Å². The van der Waals surface area contributed by atoms with Gasteiger partial charge in [-0.3, -0.25) is 14.0 Å². The Morgan fingerprint density at radius 1 is 1.47 bits per heavy atom. The molecule has 5 nitrogen and oxygen atoms in total. The van der Waals surface area contributed by atoms with Crippen molar-refractivity contribution in [1.29, 1.82) is 0 Å². The van der Waals surface area contributed by atoms with E-state index in [1.807, 2.05) is 0 Å². The highest BCUT2D eigenvalue weighted by Gasteiger charge is 2.06. The molecule has 2 aromatic rings. The normalized spacial score (nSPS) is 10.5. The topological polar surface area (TPSA) is 65.8 Å². The molecule has 6 heteroatoms. The number of anilines is 1. The Hall–Kier alpha value is -1.75. The number of nitrogens with two attached hydrogens (primary N) is 1. The van der Waals surface area contributed by atoms with Gasteiger partial charge in [-0.05, 0) is 6.07 Å². The van der Waals surface area contributed by atoms with Crippen LogP contribution in [0.5, 0.6) is 0 Å². The molecule has 0 aliphatic rings. The zero-order chi connectivity index (χ0) is 11.0. The first-order chi connectivity index (χ1) is 7.08. The summed E-state index contributed by atoms with van der Waals surface area (Å²) in [7, 11) is 1.77. The second-order valence-corrected chi connectivity index (χ2v) is 3.60. The summed E-state index contributed by atoms with van der Waals surface area (Å²) in [5.74, 6) is 0. The lowest BCUT2D eigenvalue weighted by Gasteiger charge is -2.03. The van der Waals surface area contributed by atoms with Crippen LogP contribution in [0.4, 0.5) is 5.69 Å². The van der Waals surface area contributed by atoms with Gasteiger partial charge >= 0.3 is 0 Å². The maximum Gasteiger partial charge on any atom is 0.278 e. The number of aromatic nitrogens is 3. The van der Waals surface area contributed by atoms with Crippen LogP contribution < -0.4 is 11.3 Å². The van der Waals surface area contributed by atoms with E-state index < -0.39 is 0 Å². The van der Waals surface area contributed by atoms with Gasteiger partial charge in [-0.1, -0.05) is 11.6 Å². The molecular weight excluding hydrogens is 216 g/mol. The van der Waals surface area contributed by atoms with Crippen LogP contribution in [-0.2, 0) is 7.05 Å². The van der Waals surface area contributed by atoms with Crippen molar-refractivity contribution in [2.24, 2.45) is 7.05 Å². The second kappa shape index (κ2) is 3.43. The average Bonchev–Trinajstić information content (AvgIpc) is 2.58. The van der Waals surface area contributed by atoms with Crippen molar-refractivity contribution in [1.82, 2.24) is 14.3 Å². The minimum atomic E-state index is -0.299. The molecule has 15 heavy (non-hydrogen) atoms. The van der Waals surface area contributed by atoms with Crippen LogP contribution in [-0.4, -0.2) is 14.3 Å². The minimum absolute atomic E-state index is 0.117. The number of pyridine rings is 1. The van der Waals surface area contributed by atoms with Gasteiger partial charge in [0, 0.05) is 19.4 Å². The quantitative estimate of drug-likeness (QED) is 0.780. The Balaban J connectivity index is 2.67. The maximum absolute atomic E-state index is 11.7. The molecular formula is C9H9ClN4O. The third-order valence-corrected chi connectivity index (χ3v) is 2.19. The molecule has 0 radical (unpaired) electrons. The molecule has 0 aliphatic heterocycles. The smallest absolute Gasteiger partial charge is 0.278 e. The molecule has 2 N–H and O–H groups in total. The van der Waals surface area contributed by atoms with Crippen LogP contribution >= 0.6 is 11.6 Å².